The molecule has 1 aliphatic heterocycles. The van der Waals surface area contributed by atoms with Gasteiger partial charge < -0.3 is 15.4 Å². The molecular formula is C24H32F2N2O2. The van der Waals surface area contributed by atoms with Crippen LogP contribution in [0.25, 0.3) is 0 Å². The van der Waals surface area contributed by atoms with Crippen molar-refractivity contribution in [1.82, 2.24) is 5.32 Å². The zero-order valence-electron chi connectivity index (χ0n) is 16.8. The largest absolute Gasteiger partial charge is 0.496 e. The van der Waals surface area contributed by atoms with Crippen molar-refractivity contribution in [2.45, 2.75) is 51.9 Å². The summed E-state index contributed by atoms with van der Waals surface area (Å²) in [6, 6.07) is 10.2. The van der Waals surface area contributed by atoms with Crippen LogP contribution >= 0.6 is 0 Å². The maximum atomic E-state index is 14.2. The van der Waals surface area contributed by atoms with Crippen LogP contribution in [0, 0.1) is 11.6 Å². The van der Waals surface area contributed by atoms with E-state index < -0.39 is 11.6 Å². The third-order valence-electron chi connectivity index (χ3n) is 5.43. The number of carbonyl (C=O) groups is 1. The molecule has 4 nitrogen and oxygen atoms in total. The molecule has 0 atom stereocenters. The average molecular weight is 419 g/mol. The highest BCUT2D eigenvalue weighted by molar-refractivity contribution is 5.90. The molecule has 1 heterocycles. The molecule has 0 spiro atoms. The number of unbranched alkanes of at least 4 members (excludes halogenated alkanes) is 1. The molecule has 1 fully saturated rings. The highest BCUT2D eigenvalue weighted by atomic mass is 19.1. The number of halogens is 2. The molecule has 0 saturated carbocycles. The van der Waals surface area contributed by atoms with Crippen molar-refractivity contribution in [2.24, 2.45) is 0 Å². The lowest BCUT2D eigenvalue weighted by Gasteiger charge is -2.24. The van der Waals surface area contributed by atoms with E-state index in [1.54, 1.807) is 7.11 Å². The number of para-hydroxylation sites is 1. The SMILES string of the molecule is C.COc1ccccc1CCCCC(=O)Nc1cc(C2CCNCC2)c(F)cc1F. The number of methoxy groups -OCH3 is 1. The summed E-state index contributed by atoms with van der Waals surface area (Å²) in [5, 5.41) is 5.85. The second-order valence-electron chi connectivity index (χ2n) is 7.44. The number of hydrogen-bond acceptors (Lipinski definition) is 3. The van der Waals surface area contributed by atoms with Crippen LogP contribution in [0.5, 0.6) is 5.75 Å². The van der Waals surface area contributed by atoms with E-state index in [9.17, 15) is 13.6 Å². The number of benzene rings is 2. The Morgan fingerprint density at radius 1 is 1.13 bits per heavy atom. The fourth-order valence-corrected chi connectivity index (χ4v) is 3.83. The minimum Gasteiger partial charge on any atom is -0.496 e. The van der Waals surface area contributed by atoms with Crippen molar-refractivity contribution in [2.75, 3.05) is 25.5 Å². The second-order valence-corrected chi connectivity index (χ2v) is 7.44. The van der Waals surface area contributed by atoms with Crippen LogP contribution < -0.4 is 15.4 Å². The van der Waals surface area contributed by atoms with Crippen LogP contribution in [-0.4, -0.2) is 26.1 Å². The smallest absolute Gasteiger partial charge is 0.224 e. The summed E-state index contributed by atoms with van der Waals surface area (Å²) in [7, 11) is 1.64. The maximum Gasteiger partial charge on any atom is 0.224 e. The van der Waals surface area contributed by atoms with Crippen molar-refractivity contribution in [3.05, 3.63) is 59.2 Å². The predicted molar refractivity (Wildman–Crippen MR) is 117 cm³/mol. The van der Waals surface area contributed by atoms with Crippen LogP contribution in [0.1, 0.15) is 56.6 Å². The summed E-state index contributed by atoms with van der Waals surface area (Å²) in [5.74, 6) is -0.636. The number of anilines is 1. The summed E-state index contributed by atoms with van der Waals surface area (Å²) < 4.78 is 33.7. The van der Waals surface area contributed by atoms with E-state index in [1.165, 1.54) is 6.07 Å². The maximum absolute atomic E-state index is 14.2. The van der Waals surface area contributed by atoms with Gasteiger partial charge in [-0.05, 0) is 74.4 Å². The molecule has 1 amide bonds. The Balaban J connectivity index is 0.00000320. The van der Waals surface area contributed by atoms with Crippen LogP contribution in [-0.2, 0) is 11.2 Å². The Morgan fingerprint density at radius 2 is 1.87 bits per heavy atom. The monoisotopic (exact) mass is 418 g/mol. The molecule has 3 rings (SSSR count). The number of carbonyl (C=O) groups excluding carboxylic acids is 1. The molecule has 2 aromatic carbocycles. The first-order chi connectivity index (χ1) is 14.1. The van der Waals surface area contributed by atoms with Gasteiger partial charge in [0, 0.05) is 12.5 Å². The minimum atomic E-state index is -0.734. The molecule has 0 radical (unpaired) electrons. The molecule has 0 unspecified atom stereocenters. The number of nitrogens with one attached hydrogen (secondary N) is 2. The second kappa shape index (κ2) is 11.6. The minimum absolute atomic E-state index is 0. The lowest BCUT2D eigenvalue weighted by Crippen LogP contribution is -2.27. The number of aryl methyl sites for hydroxylation is 1. The van der Waals surface area contributed by atoms with Gasteiger partial charge in [0.1, 0.15) is 17.4 Å². The summed E-state index contributed by atoms with van der Waals surface area (Å²) in [6.07, 6.45) is 4.20. The van der Waals surface area contributed by atoms with E-state index >= 15 is 0 Å². The number of piperidine rings is 1. The van der Waals surface area contributed by atoms with Crippen molar-refractivity contribution < 1.29 is 18.3 Å². The van der Waals surface area contributed by atoms with Crippen molar-refractivity contribution in [1.29, 1.82) is 0 Å². The van der Waals surface area contributed by atoms with Crippen LogP contribution in [0.2, 0.25) is 0 Å². The zero-order chi connectivity index (χ0) is 20.6. The molecule has 0 bridgehead atoms. The van der Waals surface area contributed by atoms with E-state index in [-0.39, 0.29) is 31.4 Å². The molecule has 1 saturated heterocycles. The van der Waals surface area contributed by atoms with Crippen molar-refractivity contribution in [3.8, 4) is 5.75 Å². The topological polar surface area (TPSA) is 50.4 Å². The first-order valence-electron chi connectivity index (χ1n) is 10.2. The number of hydrogen-bond donors (Lipinski definition) is 2. The summed E-state index contributed by atoms with van der Waals surface area (Å²) in [6.45, 7) is 1.63. The molecule has 6 heteroatoms. The third-order valence-corrected chi connectivity index (χ3v) is 5.43. The Kier molecular flexibility index (Phi) is 9.24. The molecule has 0 aliphatic carbocycles. The van der Waals surface area contributed by atoms with E-state index in [2.05, 4.69) is 10.6 Å². The standard InChI is InChI=1S/C23H28F2N2O2.CH4/c1-29-22-8-4-2-6-17(22)7-3-5-9-23(28)27-21-14-18(19(24)15-20(21)25)16-10-12-26-13-11-16;/h2,4,6,8,14-16,26H,3,5,7,9-13H2,1H3,(H,27,28);1H4. The van der Waals surface area contributed by atoms with E-state index in [0.29, 0.717) is 12.0 Å². The normalized spacial score (nSPS) is 14.1. The molecular weight excluding hydrogens is 386 g/mol. The number of ether oxygens (including phenoxy) is 1. The van der Waals surface area contributed by atoms with E-state index in [1.807, 2.05) is 24.3 Å². The first kappa shape index (κ1) is 23.8. The summed E-state index contributed by atoms with van der Waals surface area (Å²) in [4.78, 5) is 12.3. The van der Waals surface area contributed by atoms with E-state index in [0.717, 1.165) is 56.2 Å². The zero-order valence-corrected chi connectivity index (χ0v) is 16.8. The van der Waals surface area contributed by atoms with Crippen molar-refractivity contribution in [3.63, 3.8) is 0 Å². The molecule has 30 heavy (non-hydrogen) atoms. The third kappa shape index (κ3) is 6.26. The quantitative estimate of drug-likeness (QED) is 0.562. The van der Waals surface area contributed by atoms with Crippen LogP contribution in [0.3, 0.4) is 0 Å². The first-order valence-corrected chi connectivity index (χ1v) is 10.2. The van der Waals surface area contributed by atoms with Gasteiger partial charge in [-0.3, -0.25) is 4.79 Å². The van der Waals surface area contributed by atoms with Gasteiger partial charge in [-0.15, -0.1) is 0 Å². The summed E-state index contributed by atoms with van der Waals surface area (Å²) in [5.41, 5.74) is 1.65. The molecule has 2 aromatic rings. The summed E-state index contributed by atoms with van der Waals surface area (Å²) >= 11 is 0. The molecule has 1 aliphatic rings. The number of rotatable bonds is 8. The number of amides is 1. The van der Waals surface area contributed by atoms with Crippen LogP contribution in [0.4, 0.5) is 14.5 Å². The molecule has 0 aromatic heterocycles. The Hall–Kier alpha value is -2.47. The van der Waals surface area contributed by atoms with Gasteiger partial charge in [0.05, 0.1) is 12.8 Å². The fraction of sp³-hybridized carbons (Fsp3) is 0.458. The lowest BCUT2D eigenvalue weighted by atomic mass is 9.89. The van der Waals surface area contributed by atoms with Crippen LogP contribution in [0.15, 0.2) is 36.4 Å². The molecule has 164 valence electrons. The predicted octanol–water partition coefficient (Wildman–Crippen LogP) is 5.43. The van der Waals surface area contributed by atoms with Gasteiger partial charge in [0.15, 0.2) is 0 Å². The Labute approximate surface area is 178 Å². The van der Waals surface area contributed by atoms with Gasteiger partial charge >= 0.3 is 0 Å². The van der Waals surface area contributed by atoms with Gasteiger partial charge in [-0.25, -0.2) is 8.78 Å². The lowest BCUT2D eigenvalue weighted by molar-refractivity contribution is -0.116. The fourth-order valence-electron chi connectivity index (χ4n) is 3.83. The highest BCUT2D eigenvalue weighted by Crippen LogP contribution is 2.31. The van der Waals surface area contributed by atoms with Gasteiger partial charge in [0.2, 0.25) is 5.91 Å². The van der Waals surface area contributed by atoms with Gasteiger partial charge in [-0.1, -0.05) is 25.6 Å². The van der Waals surface area contributed by atoms with E-state index in [4.69, 9.17) is 4.74 Å². The van der Waals surface area contributed by atoms with Crippen molar-refractivity contribution >= 4 is 11.6 Å². The Morgan fingerprint density at radius 3 is 2.60 bits per heavy atom. The van der Waals surface area contributed by atoms with Gasteiger partial charge in [0.25, 0.3) is 0 Å². The van der Waals surface area contributed by atoms with Gasteiger partial charge in [-0.2, -0.15) is 0 Å². The molecule has 2 N–H and O–H groups in total. The Bertz CT molecular complexity index is 836. The average Bonchev–Trinajstić information content (AvgIpc) is 2.74. The highest BCUT2D eigenvalue weighted by Gasteiger charge is 2.21.